The lowest BCUT2D eigenvalue weighted by molar-refractivity contribution is 0.0697. The molecule has 27 heavy (non-hydrogen) atoms. The molecule has 4 heteroatoms. The van der Waals surface area contributed by atoms with Crippen LogP contribution in [0.15, 0.2) is 48.5 Å². The Bertz CT molecular complexity index is 1050. The van der Waals surface area contributed by atoms with Gasteiger partial charge in [-0.05, 0) is 59.7 Å². The van der Waals surface area contributed by atoms with E-state index in [-0.39, 0.29) is 0 Å². The SMILES string of the molecule is COc1ccc(/C=C2\C[C@H](C)Cc3c2nc2ccccc2c3C(=O)O)cc1. The third-order valence-corrected chi connectivity index (χ3v) is 5.09. The van der Waals surface area contributed by atoms with E-state index in [0.29, 0.717) is 16.9 Å². The highest BCUT2D eigenvalue weighted by molar-refractivity contribution is 6.05. The minimum absolute atomic E-state index is 0.364. The molecular formula is C23H21NO3. The number of hydrogen-bond acceptors (Lipinski definition) is 3. The normalized spacial score (nSPS) is 17.7. The van der Waals surface area contributed by atoms with Gasteiger partial charge in [-0.2, -0.15) is 0 Å². The summed E-state index contributed by atoms with van der Waals surface area (Å²) in [5, 5.41) is 10.6. The summed E-state index contributed by atoms with van der Waals surface area (Å²) in [5.74, 6) is 0.289. The predicted molar refractivity (Wildman–Crippen MR) is 107 cm³/mol. The fourth-order valence-corrected chi connectivity index (χ4v) is 3.88. The quantitative estimate of drug-likeness (QED) is 0.710. The Kier molecular flexibility index (Phi) is 4.40. The first-order valence-electron chi connectivity index (χ1n) is 9.06. The number of pyridine rings is 1. The largest absolute Gasteiger partial charge is 0.497 e. The first-order chi connectivity index (χ1) is 13.1. The summed E-state index contributed by atoms with van der Waals surface area (Å²) in [7, 11) is 1.65. The van der Waals surface area contributed by atoms with E-state index in [0.717, 1.165) is 46.5 Å². The van der Waals surface area contributed by atoms with Gasteiger partial charge in [-0.15, -0.1) is 0 Å². The summed E-state index contributed by atoms with van der Waals surface area (Å²) >= 11 is 0. The molecule has 0 saturated heterocycles. The van der Waals surface area contributed by atoms with Crippen LogP contribution >= 0.6 is 0 Å². The van der Waals surface area contributed by atoms with Gasteiger partial charge in [0.15, 0.2) is 0 Å². The Morgan fingerprint density at radius 3 is 2.59 bits per heavy atom. The lowest BCUT2D eigenvalue weighted by atomic mass is 9.80. The Morgan fingerprint density at radius 1 is 1.15 bits per heavy atom. The zero-order chi connectivity index (χ0) is 19.0. The standard InChI is InChI=1S/C23H21NO3/c1-14-11-16(13-15-7-9-17(27-2)10-8-15)22-19(12-14)21(23(25)26)18-5-3-4-6-20(18)24-22/h3-10,13-14H,11-12H2,1-2H3,(H,25,26)/b16-13+/t14-/m0/s1. The van der Waals surface area contributed by atoms with Gasteiger partial charge in [0.2, 0.25) is 0 Å². The van der Waals surface area contributed by atoms with Crippen LogP contribution in [-0.2, 0) is 6.42 Å². The third-order valence-electron chi connectivity index (χ3n) is 5.09. The van der Waals surface area contributed by atoms with E-state index >= 15 is 0 Å². The topological polar surface area (TPSA) is 59.4 Å². The van der Waals surface area contributed by atoms with Crippen molar-refractivity contribution >= 4 is 28.5 Å². The van der Waals surface area contributed by atoms with Gasteiger partial charge >= 0.3 is 5.97 Å². The van der Waals surface area contributed by atoms with Gasteiger partial charge in [0.1, 0.15) is 5.75 Å². The molecule has 2 aromatic carbocycles. The number of benzene rings is 2. The number of carboxylic acids is 1. The number of ether oxygens (including phenoxy) is 1. The highest BCUT2D eigenvalue weighted by Crippen LogP contribution is 2.38. The van der Waals surface area contributed by atoms with Crippen LogP contribution in [0.1, 0.15) is 40.5 Å². The molecule has 0 saturated carbocycles. The maximum atomic E-state index is 12.1. The molecule has 0 fully saturated rings. The minimum atomic E-state index is -0.886. The molecule has 3 aromatic rings. The second-order valence-corrected chi connectivity index (χ2v) is 7.09. The lowest BCUT2D eigenvalue weighted by Gasteiger charge is -2.26. The van der Waals surface area contributed by atoms with Crippen LogP contribution in [-0.4, -0.2) is 23.2 Å². The zero-order valence-electron chi connectivity index (χ0n) is 15.4. The summed E-state index contributed by atoms with van der Waals surface area (Å²) < 4.78 is 5.22. The molecule has 0 amide bonds. The van der Waals surface area contributed by atoms with E-state index in [2.05, 4.69) is 13.0 Å². The Labute approximate surface area is 158 Å². The second-order valence-electron chi connectivity index (χ2n) is 7.09. The van der Waals surface area contributed by atoms with E-state index < -0.39 is 5.97 Å². The summed E-state index contributed by atoms with van der Waals surface area (Å²) in [5.41, 5.74) is 4.92. The average molecular weight is 359 g/mol. The van der Waals surface area contributed by atoms with Gasteiger partial charge in [0, 0.05) is 5.39 Å². The molecule has 4 rings (SSSR count). The maximum Gasteiger partial charge on any atom is 0.336 e. The van der Waals surface area contributed by atoms with Gasteiger partial charge in [0.25, 0.3) is 0 Å². The van der Waals surface area contributed by atoms with Gasteiger partial charge in [-0.25, -0.2) is 9.78 Å². The molecule has 0 bridgehead atoms. The van der Waals surface area contributed by atoms with Crippen LogP contribution in [0, 0.1) is 5.92 Å². The number of aromatic carboxylic acids is 1. The number of carboxylic acid groups (broad SMARTS) is 1. The molecule has 1 aliphatic rings. The number of rotatable bonds is 3. The van der Waals surface area contributed by atoms with Crippen LogP contribution in [0.5, 0.6) is 5.75 Å². The molecule has 0 radical (unpaired) electrons. The predicted octanol–water partition coefficient (Wildman–Crippen LogP) is 5.06. The molecule has 1 aromatic heterocycles. The molecular weight excluding hydrogens is 338 g/mol. The smallest absolute Gasteiger partial charge is 0.336 e. The fraction of sp³-hybridized carbons (Fsp3) is 0.217. The van der Waals surface area contributed by atoms with Crippen molar-refractivity contribution in [2.75, 3.05) is 7.11 Å². The first-order valence-corrected chi connectivity index (χ1v) is 9.06. The monoisotopic (exact) mass is 359 g/mol. The van der Waals surface area contributed by atoms with Gasteiger partial charge in [0.05, 0.1) is 23.9 Å². The number of aromatic nitrogens is 1. The van der Waals surface area contributed by atoms with Crippen LogP contribution in [0.2, 0.25) is 0 Å². The van der Waals surface area contributed by atoms with E-state index in [1.807, 2.05) is 48.5 Å². The van der Waals surface area contributed by atoms with Crippen molar-refractivity contribution in [3.63, 3.8) is 0 Å². The zero-order valence-corrected chi connectivity index (χ0v) is 15.4. The fourth-order valence-electron chi connectivity index (χ4n) is 3.88. The van der Waals surface area contributed by atoms with Crippen LogP contribution in [0.25, 0.3) is 22.6 Å². The summed E-state index contributed by atoms with van der Waals surface area (Å²) in [6.07, 6.45) is 3.72. The van der Waals surface area contributed by atoms with Crippen molar-refractivity contribution in [2.45, 2.75) is 19.8 Å². The molecule has 136 valence electrons. The van der Waals surface area contributed by atoms with Gasteiger partial charge in [-0.3, -0.25) is 0 Å². The van der Waals surface area contributed by atoms with Crippen molar-refractivity contribution in [1.29, 1.82) is 0 Å². The molecule has 0 unspecified atom stereocenters. The average Bonchev–Trinajstić information content (AvgIpc) is 2.66. The van der Waals surface area contributed by atoms with E-state index in [9.17, 15) is 9.90 Å². The van der Waals surface area contributed by atoms with Crippen molar-refractivity contribution in [3.8, 4) is 5.75 Å². The molecule has 0 spiro atoms. The molecule has 1 N–H and O–H groups in total. The number of hydrogen-bond donors (Lipinski definition) is 1. The highest BCUT2D eigenvalue weighted by atomic mass is 16.5. The number of nitrogens with zero attached hydrogens (tertiary/aromatic N) is 1. The Hall–Kier alpha value is -3.14. The molecule has 1 atom stereocenters. The Morgan fingerprint density at radius 2 is 1.89 bits per heavy atom. The summed E-state index contributed by atoms with van der Waals surface area (Å²) in [6, 6.07) is 15.3. The molecule has 1 aliphatic carbocycles. The number of allylic oxidation sites excluding steroid dienone is 1. The lowest BCUT2D eigenvalue weighted by Crippen LogP contribution is -2.17. The van der Waals surface area contributed by atoms with Crippen LogP contribution in [0.3, 0.4) is 0 Å². The minimum Gasteiger partial charge on any atom is -0.497 e. The Balaban J connectivity index is 1.93. The van der Waals surface area contributed by atoms with Crippen LogP contribution in [0.4, 0.5) is 0 Å². The van der Waals surface area contributed by atoms with Gasteiger partial charge in [-0.1, -0.05) is 37.3 Å². The molecule has 0 aliphatic heterocycles. The maximum absolute atomic E-state index is 12.1. The van der Waals surface area contributed by atoms with Crippen molar-refractivity contribution in [3.05, 3.63) is 70.9 Å². The van der Waals surface area contributed by atoms with Crippen molar-refractivity contribution < 1.29 is 14.6 Å². The van der Waals surface area contributed by atoms with E-state index in [4.69, 9.17) is 9.72 Å². The van der Waals surface area contributed by atoms with E-state index in [1.54, 1.807) is 7.11 Å². The molecule has 1 heterocycles. The summed E-state index contributed by atoms with van der Waals surface area (Å²) in [6.45, 7) is 2.16. The number of para-hydroxylation sites is 1. The van der Waals surface area contributed by atoms with E-state index in [1.165, 1.54) is 0 Å². The summed E-state index contributed by atoms with van der Waals surface area (Å²) in [4.78, 5) is 16.9. The number of methoxy groups -OCH3 is 1. The van der Waals surface area contributed by atoms with Crippen LogP contribution < -0.4 is 4.74 Å². The van der Waals surface area contributed by atoms with Crippen molar-refractivity contribution in [2.24, 2.45) is 5.92 Å². The second kappa shape index (κ2) is 6.88. The molecule has 4 nitrogen and oxygen atoms in total. The first kappa shape index (κ1) is 17.3. The highest BCUT2D eigenvalue weighted by Gasteiger charge is 2.27. The van der Waals surface area contributed by atoms with Crippen molar-refractivity contribution in [1.82, 2.24) is 4.98 Å². The number of fused-ring (bicyclic) bond motifs is 2. The number of carbonyl (C=O) groups is 1. The van der Waals surface area contributed by atoms with Gasteiger partial charge < -0.3 is 9.84 Å². The third kappa shape index (κ3) is 3.19.